The fraction of sp³-hybridized carbons (Fsp3) is 0.125. The summed E-state index contributed by atoms with van der Waals surface area (Å²) in [5.41, 5.74) is 6.61. The molecule has 134 valence electrons. The Morgan fingerprint density at radius 1 is 1.00 bits per heavy atom. The van der Waals surface area contributed by atoms with Gasteiger partial charge >= 0.3 is 0 Å². The smallest absolute Gasteiger partial charge is 0.255 e. The number of anilines is 1. The third kappa shape index (κ3) is 3.83. The molecular formula is C24H21NOS. The quantitative estimate of drug-likeness (QED) is 0.546. The first-order valence-corrected chi connectivity index (χ1v) is 10.3. The van der Waals surface area contributed by atoms with Gasteiger partial charge in [-0.15, -0.1) is 11.8 Å². The molecule has 0 bridgehead atoms. The molecule has 4 rings (SSSR count). The van der Waals surface area contributed by atoms with E-state index in [0.717, 1.165) is 23.4 Å². The van der Waals surface area contributed by atoms with E-state index in [4.69, 9.17) is 0 Å². The first-order chi connectivity index (χ1) is 13.2. The number of benzene rings is 3. The third-order valence-electron chi connectivity index (χ3n) is 4.85. The number of aryl methyl sites for hydroxylation is 1. The predicted octanol–water partition coefficient (Wildman–Crippen LogP) is 6.29. The van der Waals surface area contributed by atoms with Gasteiger partial charge in [0.05, 0.1) is 0 Å². The number of hydrogen-bond donors (Lipinski definition) is 1. The van der Waals surface area contributed by atoms with Gasteiger partial charge in [-0.2, -0.15) is 0 Å². The maximum atomic E-state index is 12.5. The second-order valence-corrected chi connectivity index (χ2v) is 7.46. The Balaban J connectivity index is 1.55. The number of fused-ring (bicyclic) bond motifs is 1. The molecule has 0 aliphatic heterocycles. The molecule has 0 unspecified atom stereocenters. The summed E-state index contributed by atoms with van der Waals surface area (Å²) in [5.74, 6) is -0.0846. The summed E-state index contributed by atoms with van der Waals surface area (Å²) in [7, 11) is 0. The van der Waals surface area contributed by atoms with Crippen molar-refractivity contribution in [2.75, 3.05) is 11.6 Å². The van der Waals surface area contributed by atoms with Gasteiger partial charge in [0, 0.05) is 16.1 Å². The largest absolute Gasteiger partial charge is 0.322 e. The zero-order chi connectivity index (χ0) is 18.6. The van der Waals surface area contributed by atoms with Crippen molar-refractivity contribution >= 4 is 29.4 Å². The van der Waals surface area contributed by atoms with E-state index >= 15 is 0 Å². The lowest BCUT2D eigenvalue weighted by Crippen LogP contribution is -2.11. The summed E-state index contributed by atoms with van der Waals surface area (Å²) in [4.78, 5) is 13.6. The number of thioether (sulfide) groups is 1. The predicted molar refractivity (Wildman–Crippen MR) is 115 cm³/mol. The van der Waals surface area contributed by atoms with Crippen molar-refractivity contribution in [1.82, 2.24) is 0 Å². The van der Waals surface area contributed by atoms with Crippen molar-refractivity contribution in [2.24, 2.45) is 0 Å². The van der Waals surface area contributed by atoms with Crippen LogP contribution in [0.25, 0.3) is 17.2 Å². The molecule has 0 radical (unpaired) electrons. The highest BCUT2D eigenvalue weighted by Gasteiger charge is 2.11. The normalized spacial score (nSPS) is 12.5. The number of carbonyl (C=O) groups excluding carboxylic acids is 1. The van der Waals surface area contributed by atoms with Crippen LogP contribution in [0.4, 0.5) is 5.69 Å². The Labute approximate surface area is 164 Å². The summed E-state index contributed by atoms with van der Waals surface area (Å²) >= 11 is 1.63. The van der Waals surface area contributed by atoms with Gasteiger partial charge in [0.2, 0.25) is 0 Å². The second kappa shape index (κ2) is 7.85. The topological polar surface area (TPSA) is 29.1 Å². The molecule has 1 aliphatic carbocycles. The van der Waals surface area contributed by atoms with E-state index in [-0.39, 0.29) is 5.91 Å². The highest BCUT2D eigenvalue weighted by Crippen LogP contribution is 2.31. The van der Waals surface area contributed by atoms with Gasteiger partial charge in [0.15, 0.2) is 0 Å². The summed E-state index contributed by atoms with van der Waals surface area (Å²) in [6, 6.07) is 22.3. The van der Waals surface area contributed by atoms with Crippen molar-refractivity contribution < 1.29 is 4.79 Å². The monoisotopic (exact) mass is 371 g/mol. The summed E-state index contributed by atoms with van der Waals surface area (Å²) in [6.07, 6.45) is 8.68. The Bertz CT molecular complexity index is 1010. The first kappa shape index (κ1) is 17.6. The molecule has 0 spiro atoms. The highest BCUT2D eigenvalue weighted by molar-refractivity contribution is 7.98. The molecule has 2 nitrogen and oxygen atoms in total. The Hall–Kier alpha value is -2.78. The lowest BCUT2D eigenvalue weighted by Gasteiger charge is -2.15. The molecule has 0 aromatic heterocycles. The van der Waals surface area contributed by atoms with Crippen molar-refractivity contribution in [2.45, 2.75) is 17.7 Å². The lowest BCUT2D eigenvalue weighted by molar-refractivity contribution is 0.102. The lowest BCUT2D eigenvalue weighted by atomic mass is 9.90. The van der Waals surface area contributed by atoms with Crippen LogP contribution < -0.4 is 5.32 Å². The number of rotatable bonds is 4. The van der Waals surface area contributed by atoms with E-state index in [2.05, 4.69) is 47.8 Å². The second-order valence-electron chi connectivity index (χ2n) is 6.58. The Morgan fingerprint density at radius 3 is 2.63 bits per heavy atom. The molecule has 3 heteroatoms. The maximum Gasteiger partial charge on any atom is 0.255 e. The fourth-order valence-corrected chi connectivity index (χ4v) is 3.88. The van der Waals surface area contributed by atoms with Gasteiger partial charge in [-0.1, -0.05) is 48.6 Å². The van der Waals surface area contributed by atoms with Crippen LogP contribution in [0.3, 0.4) is 0 Å². The molecule has 0 atom stereocenters. The van der Waals surface area contributed by atoms with Crippen LogP contribution in [0.1, 0.15) is 27.9 Å². The van der Waals surface area contributed by atoms with E-state index < -0.39 is 0 Å². The number of amides is 1. The van der Waals surface area contributed by atoms with Gasteiger partial charge in [-0.05, 0) is 71.7 Å². The zero-order valence-corrected chi connectivity index (χ0v) is 16.1. The number of hydrogen-bond acceptors (Lipinski definition) is 2. The highest BCUT2D eigenvalue weighted by atomic mass is 32.2. The minimum Gasteiger partial charge on any atom is -0.322 e. The third-order valence-corrected chi connectivity index (χ3v) is 5.57. The molecule has 1 aliphatic rings. The molecule has 27 heavy (non-hydrogen) atoms. The molecule has 0 saturated carbocycles. The first-order valence-electron chi connectivity index (χ1n) is 9.09. The van der Waals surface area contributed by atoms with Crippen molar-refractivity contribution in [3.05, 3.63) is 89.5 Å². The van der Waals surface area contributed by atoms with Crippen LogP contribution in [-0.2, 0) is 6.42 Å². The Kier molecular flexibility index (Phi) is 5.12. The Morgan fingerprint density at radius 2 is 1.81 bits per heavy atom. The molecule has 0 saturated heterocycles. The van der Waals surface area contributed by atoms with Crippen LogP contribution in [0.15, 0.2) is 77.7 Å². The van der Waals surface area contributed by atoms with E-state index in [1.807, 2.05) is 42.7 Å². The van der Waals surface area contributed by atoms with E-state index in [1.165, 1.54) is 22.3 Å². The summed E-state index contributed by atoms with van der Waals surface area (Å²) < 4.78 is 0. The van der Waals surface area contributed by atoms with Gasteiger partial charge in [0.25, 0.3) is 5.91 Å². The van der Waals surface area contributed by atoms with E-state index in [9.17, 15) is 4.79 Å². The minimum atomic E-state index is -0.0846. The average molecular weight is 372 g/mol. The minimum absolute atomic E-state index is 0.0846. The van der Waals surface area contributed by atoms with Gasteiger partial charge in [-0.3, -0.25) is 4.79 Å². The maximum absolute atomic E-state index is 12.5. The van der Waals surface area contributed by atoms with Crippen LogP contribution in [0.2, 0.25) is 0 Å². The van der Waals surface area contributed by atoms with Crippen molar-refractivity contribution in [1.29, 1.82) is 0 Å². The number of carbonyl (C=O) groups is 1. The molecule has 1 N–H and O–H groups in total. The fourth-order valence-electron chi connectivity index (χ4n) is 3.42. The van der Waals surface area contributed by atoms with Crippen molar-refractivity contribution in [3.8, 4) is 11.1 Å². The van der Waals surface area contributed by atoms with Gasteiger partial charge < -0.3 is 5.32 Å². The molecular weight excluding hydrogens is 350 g/mol. The number of nitrogens with one attached hydrogen (secondary N) is 1. The molecule has 0 fully saturated rings. The van der Waals surface area contributed by atoms with Crippen LogP contribution in [0.5, 0.6) is 0 Å². The molecule has 1 amide bonds. The average Bonchev–Trinajstić information content (AvgIpc) is 2.74. The van der Waals surface area contributed by atoms with E-state index in [1.54, 1.807) is 11.8 Å². The SMILES string of the molecule is CSc1cccc(C(=O)Nc2ccc(-c3cccc4c3C=CCC4)cc2)c1. The van der Waals surface area contributed by atoms with Gasteiger partial charge in [-0.25, -0.2) is 0 Å². The number of allylic oxidation sites excluding steroid dienone is 1. The van der Waals surface area contributed by atoms with Gasteiger partial charge in [0.1, 0.15) is 0 Å². The van der Waals surface area contributed by atoms with Crippen molar-refractivity contribution in [3.63, 3.8) is 0 Å². The van der Waals surface area contributed by atoms with Crippen LogP contribution in [0, 0.1) is 0 Å². The van der Waals surface area contributed by atoms with Crippen LogP contribution in [-0.4, -0.2) is 12.2 Å². The summed E-state index contributed by atoms with van der Waals surface area (Å²) in [6.45, 7) is 0. The molecule has 3 aromatic rings. The standard InChI is InChI=1S/C24H21NOS/c1-27-21-9-4-8-19(16-21)24(26)25-20-14-12-18(13-15-20)23-11-5-7-17-6-2-3-10-22(17)23/h3-5,7-16H,2,6H2,1H3,(H,25,26). The summed E-state index contributed by atoms with van der Waals surface area (Å²) in [5, 5.41) is 2.99. The van der Waals surface area contributed by atoms with E-state index in [0.29, 0.717) is 5.56 Å². The zero-order valence-electron chi connectivity index (χ0n) is 15.2. The molecule has 0 heterocycles. The van der Waals surface area contributed by atoms with Crippen LogP contribution >= 0.6 is 11.8 Å². The molecule has 3 aromatic carbocycles.